The molecule has 0 unspecified atom stereocenters. The molecule has 0 saturated carbocycles. The van der Waals surface area contributed by atoms with Crippen LogP contribution in [-0.2, 0) is 0 Å². The highest BCUT2D eigenvalue weighted by atomic mass is 79.9. The molecule has 2 heterocycles. The van der Waals surface area contributed by atoms with E-state index in [0.29, 0.717) is 0 Å². The van der Waals surface area contributed by atoms with Crippen LogP contribution in [0.2, 0.25) is 0 Å². The summed E-state index contributed by atoms with van der Waals surface area (Å²) in [5.74, 6) is 0. The predicted octanol–water partition coefficient (Wildman–Crippen LogP) is 10.1. The molecule has 3 nitrogen and oxygen atoms in total. The van der Waals surface area contributed by atoms with Crippen molar-refractivity contribution < 1.29 is 0 Å². The lowest BCUT2D eigenvalue weighted by molar-refractivity contribution is 1.17. The van der Waals surface area contributed by atoms with Gasteiger partial charge in [-0.05, 0) is 77.9 Å². The second-order valence-corrected chi connectivity index (χ2v) is 10.3. The summed E-state index contributed by atoms with van der Waals surface area (Å²) in [7, 11) is 0. The van der Waals surface area contributed by atoms with Crippen LogP contribution in [0.3, 0.4) is 0 Å². The molecule has 0 bridgehead atoms. The van der Waals surface area contributed by atoms with Crippen molar-refractivity contribution in [1.29, 1.82) is 0 Å². The topological polar surface area (TPSA) is 21.1 Å². The standard InChI is InChI=1S/C35H24BrN3/c36-32-12-6-14-34-35(32)31-11-4-5-13-33(31)39(34)29-21-19-28(20-22-29)38(30-10-7-23-37-24-30)27-17-15-26(16-18-27)25-8-2-1-3-9-25/h1-24H. The first-order valence-corrected chi connectivity index (χ1v) is 13.7. The van der Waals surface area contributed by atoms with E-state index in [-0.39, 0.29) is 0 Å². The van der Waals surface area contributed by atoms with Crippen LogP contribution >= 0.6 is 15.9 Å². The molecule has 0 spiro atoms. The normalized spacial score (nSPS) is 11.2. The Morgan fingerprint density at radius 1 is 0.538 bits per heavy atom. The maximum Gasteiger partial charge on any atom is 0.0644 e. The Bertz CT molecular complexity index is 1890. The second kappa shape index (κ2) is 9.90. The van der Waals surface area contributed by atoms with Crippen molar-refractivity contribution in [2.45, 2.75) is 0 Å². The fraction of sp³-hybridized carbons (Fsp3) is 0. The number of para-hydroxylation sites is 1. The summed E-state index contributed by atoms with van der Waals surface area (Å²) in [6.45, 7) is 0. The van der Waals surface area contributed by atoms with Crippen molar-refractivity contribution >= 4 is 54.8 Å². The Hall–Kier alpha value is -4.67. The summed E-state index contributed by atoms with van der Waals surface area (Å²) < 4.78 is 3.44. The third-order valence-electron chi connectivity index (χ3n) is 7.15. The summed E-state index contributed by atoms with van der Waals surface area (Å²) in [6, 6.07) is 47.0. The molecule has 5 aromatic carbocycles. The number of pyridine rings is 1. The van der Waals surface area contributed by atoms with E-state index < -0.39 is 0 Å². The van der Waals surface area contributed by atoms with Crippen LogP contribution in [-0.4, -0.2) is 9.55 Å². The van der Waals surface area contributed by atoms with Gasteiger partial charge >= 0.3 is 0 Å². The molecule has 0 fully saturated rings. The number of anilines is 3. The zero-order valence-electron chi connectivity index (χ0n) is 21.1. The number of hydrogen-bond donors (Lipinski definition) is 0. The number of fused-ring (bicyclic) bond motifs is 3. The van der Waals surface area contributed by atoms with Crippen molar-refractivity contribution in [3.05, 3.63) is 150 Å². The quantitative estimate of drug-likeness (QED) is 0.207. The summed E-state index contributed by atoms with van der Waals surface area (Å²) in [5.41, 5.74) is 9.05. The average Bonchev–Trinajstić information content (AvgIpc) is 3.35. The first kappa shape index (κ1) is 23.4. The van der Waals surface area contributed by atoms with Crippen molar-refractivity contribution in [2.24, 2.45) is 0 Å². The Morgan fingerprint density at radius 3 is 1.95 bits per heavy atom. The van der Waals surface area contributed by atoms with Crippen LogP contribution in [0.15, 0.2) is 150 Å². The molecule has 2 aromatic heterocycles. The number of halogens is 1. The van der Waals surface area contributed by atoms with Crippen LogP contribution in [0.4, 0.5) is 17.1 Å². The van der Waals surface area contributed by atoms with E-state index in [9.17, 15) is 0 Å². The van der Waals surface area contributed by atoms with E-state index in [1.54, 1.807) is 0 Å². The van der Waals surface area contributed by atoms with E-state index in [4.69, 9.17) is 0 Å². The fourth-order valence-corrected chi connectivity index (χ4v) is 5.94. The molecule has 0 amide bonds. The Kier molecular flexibility index (Phi) is 5.95. The predicted molar refractivity (Wildman–Crippen MR) is 166 cm³/mol. The smallest absolute Gasteiger partial charge is 0.0644 e. The number of nitrogens with zero attached hydrogens (tertiary/aromatic N) is 3. The van der Waals surface area contributed by atoms with Gasteiger partial charge < -0.3 is 9.47 Å². The van der Waals surface area contributed by atoms with Gasteiger partial charge in [0.05, 0.1) is 22.9 Å². The van der Waals surface area contributed by atoms with Crippen LogP contribution < -0.4 is 4.90 Å². The Balaban J connectivity index is 1.33. The monoisotopic (exact) mass is 565 g/mol. The average molecular weight is 567 g/mol. The zero-order chi connectivity index (χ0) is 26.2. The molecule has 7 rings (SSSR count). The van der Waals surface area contributed by atoms with Gasteiger partial charge in [0.2, 0.25) is 0 Å². The lowest BCUT2D eigenvalue weighted by Crippen LogP contribution is -2.10. The third kappa shape index (κ3) is 4.19. The minimum absolute atomic E-state index is 1.01. The molecule has 4 heteroatoms. The highest BCUT2D eigenvalue weighted by Gasteiger charge is 2.16. The highest BCUT2D eigenvalue weighted by molar-refractivity contribution is 9.10. The number of hydrogen-bond acceptors (Lipinski definition) is 2. The van der Waals surface area contributed by atoms with Crippen LogP contribution in [0, 0.1) is 0 Å². The third-order valence-corrected chi connectivity index (χ3v) is 7.81. The SMILES string of the molecule is Brc1cccc2c1c1ccccc1n2-c1ccc(N(c2ccc(-c3ccccc3)cc2)c2cccnc2)cc1. The second-order valence-electron chi connectivity index (χ2n) is 9.46. The van der Waals surface area contributed by atoms with Gasteiger partial charge in [-0.15, -0.1) is 0 Å². The number of rotatable bonds is 5. The number of aromatic nitrogens is 2. The lowest BCUT2D eigenvalue weighted by atomic mass is 10.0. The molecule has 0 atom stereocenters. The van der Waals surface area contributed by atoms with Crippen molar-refractivity contribution in [2.75, 3.05) is 4.90 Å². The minimum atomic E-state index is 1.01. The molecule has 0 N–H and O–H groups in total. The fourth-order valence-electron chi connectivity index (χ4n) is 5.37. The van der Waals surface area contributed by atoms with E-state index in [0.717, 1.165) is 27.2 Å². The van der Waals surface area contributed by atoms with Crippen molar-refractivity contribution in [1.82, 2.24) is 9.55 Å². The molecule has 0 aliphatic rings. The molecule has 7 aromatic rings. The highest BCUT2D eigenvalue weighted by Crippen LogP contribution is 2.38. The van der Waals surface area contributed by atoms with Gasteiger partial charge in [-0.3, -0.25) is 4.98 Å². The van der Waals surface area contributed by atoms with Gasteiger partial charge in [0.25, 0.3) is 0 Å². The Morgan fingerprint density at radius 2 is 1.21 bits per heavy atom. The van der Waals surface area contributed by atoms with Gasteiger partial charge in [-0.25, -0.2) is 0 Å². The summed E-state index contributed by atoms with van der Waals surface area (Å²) in [6.07, 6.45) is 3.72. The van der Waals surface area contributed by atoms with E-state index in [1.165, 1.54) is 32.9 Å². The Labute approximate surface area is 235 Å². The zero-order valence-corrected chi connectivity index (χ0v) is 22.7. The molecule has 39 heavy (non-hydrogen) atoms. The van der Waals surface area contributed by atoms with Crippen molar-refractivity contribution in [3.8, 4) is 16.8 Å². The first-order valence-electron chi connectivity index (χ1n) is 12.9. The first-order chi connectivity index (χ1) is 19.3. The van der Waals surface area contributed by atoms with Crippen LogP contribution in [0.5, 0.6) is 0 Å². The molecule has 0 radical (unpaired) electrons. The van der Waals surface area contributed by atoms with Gasteiger partial charge in [-0.1, -0.05) is 82.7 Å². The van der Waals surface area contributed by atoms with Gasteiger partial charge in [0.15, 0.2) is 0 Å². The summed E-state index contributed by atoms with van der Waals surface area (Å²) >= 11 is 3.78. The molecule has 0 aliphatic carbocycles. The summed E-state index contributed by atoms with van der Waals surface area (Å²) in [4.78, 5) is 6.65. The van der Waals surface area contributed by atoms with Crippen LogP contribution in [0.25, 0.3) is 38.6 Å². The molecule has 0 aliphatic heterocycles. The van der Waals surface area contributed by atoms with Crippen molar-refractivity contribution in [3.63, 3.8) is 0 Å². The van der Waals surface area contributed by atoms with Gasteiger partial charge in [0.1, 0.15) is 0 Å². The van der Waals surface area contributed by atoms with E-state index in [1.807, 2.05) is 24.5 Å². The van der Waals surface area contributed by atoms with Gasteiger partial charge in [-0.2, -0.15) is 0 Å². The molecular formula is C35H24BrN3. The maximum absolute atomic E-state index is 4.41. The largest absolute Gasteiger partial charge is 0.309 e. The maximum atomic E-state index is 4.41. The summed E-state index contributed by atoms with van der Waals surface area (Å²) in [5, 5.41) is 2.47. The molecular weight excluding hydrogens is 542 g/mol. The van der Waals surface area contributed by atoms with E-state index in [2.05, 4.69) is 152 Å². The van der Waals surface area contributed by atoms with E-state index >= 15 is 0 Å². The minimum Gasteiger partial charge on any atom is -0.309 e. The molecule has 0 saturated heterocycles. The lowest BCUT2D eigenvalue weighted by Gasteiger charge is -2.25. The molecule has 186 valence electrons. The van der Waals surface area contributed by atoms with Crippen LogP contribution in [0.1, 0.15) is 0 Å². The van der Waals surface area contributed by atoms with Gasteiger partial charge in [0, 0.05) is 38.5 Å². The number of benzene rings is 5.